The fourth-order valence-corrected chi connectivity index (χ4v) is 2.04. The van der Waals surface area contributed by atoms with Crippen molar-refractivity contribution in [2.45, 2.75) is 13.0 Å². The number of hydrogen-bond acceptors (Lipinski definition) is 4. The van der Waals surface area contributed by atoms with Gasteiger partial charge in [0.25, 0.3) is 0 Å². The van der Waals surface area contributed by atoms with Gasteiger partial charge in [-0.25, -0.2) is 4.79 Å². The first-order valence-corrected chi connectivity index (χ1v) is 6.54. The van der Waals surface area contributed by atoms with Crippen molar-refractivity contribution in [3.05, 3.63) is 58.9 Å². The lowest BCUT2D eigenvalue weighted by Crippen LogP contribution is -2.12. The highest BCUT2D eigenvalue weighted by Gasteiger charge is 2.14. The van der Waals surface area contributed by atoms with Gasteiger partial charge in [-0.3, -0.25) is 4.98 Å². The average molecular weight is 291 g/mol. The molecule has 0 saturated heterocycles. The Kier molecular flexibility index (Phi) is 4.58. The Balaban J connectivity index is 2.28. The number of hydrogen-bond donors (Lipinski definition) is 1. The summed E-state index contributed by atoms with van der Waals surface area (Å²) >= 11 is 5.99. The van der Waals surface area contributed by atoms with Gasteiger partial charge in [0.1, 0.15) is 0 Å². The van der Waals surface area contributed by atoms with Gasteiger partial charge in [0.2, 0.25) is 0 Å². The highest BCUT2D eigenvalue weighted by Crippen LogP contribution is 2.26. The van der Waals surface area contributed by atoms with Gasteiger partial charge in [-0.05, 0) is 36.8 Å². The third-order valence-electron chi connectivity index (χ3n) is 2.94. The van der Waals surface area contributed by atoms with Gasteiger partial charge >= 0.3 is 5.97 Å². The molecule has 2 aromatic rings. The predicted molar refractivity (Wildman–Crippen MR) is 79.1 cm³/mol. The monoisotopic (exact) mass is 290 g/mol. The zero-order valence-corrected chi connectivity index (χ0v) is 12.0. The SMILES string of the molecule is COC(=O)c1ccc(Cl)cc1NC(C)c1cccnc1. The molecule has 0 fully saturated rings. The van der Waals surface area contributed by atoms with Gasteiger partial charge in [-0.1, -0.05) is 17.7 Å². The third-order valence-corrected chi connectivity index (χ3v) is 3.18. The Hall–Kier alpha value is -2.07. The lowest BCUT2D eigenvalue weighted by molar-refractivity contribution is 0.0602. The van der Waals surface area contributed by atoms with Crippen LogP contribution >= 0.6 is 11.6 Å². The van der Waals surface area contributed by atoms with Gasteiger partial charge < -0.3 is 10.1 Å². The minimum Gasteiger partial charge on any atom is -0.465 e. The number of aromatic nitrogens is 1. The van der Waals surface area contributed by atoms with E-state index >= 15 is 0 Å². The maximum atomic E-state index is 11.7. The van der Waals surface area contributed by atoms with E-state index in [1.165, 1.54) is 7.11 Å². The second-order valence-corrected chi connectivity index (χ2v) is 4.77. The normalized spacial score (nSPS) is 11.8. The van der Waals surface area contributed by atoms with Gasteiger partial charge in [-0.2, -0.15) is 0 Å². The van der Waals surface area contributed by atoms with Crippen molar-refractivity contribution in [3.63, 3.8) is 0 Å². The van der Waals surface area contributed by atoms with E-state index in [9.17, 15) is 4.79 Å². The van der Waals surface area contributed by atoms with E-state index in [0.717, 1.165) is 5.56 Å². The molecular weight excluding hydrogens is 276 g/mol. The summed E-state index contributed by atoms with van der Waals surface area (Å²) in [5.74, 6) is -0.400. The first-order valence-electron chi connectivity index (χ1n) is 6.16. The van der Waals surface area contributed by atoms with Crippen LogP contribution in [0.1, 0.15) is 28.9 Å². The first-order chi connectivity index (χ1) is 9.61. The number of ether oxygens (including phenoxy) is 1. The number of benzene rings is 1. The van der Waals surface area contributed by atoms with Crippen molar-refractivity contribution in [1.29, 1.82) is 0 Å². The van der Waals surface area contributed by atoms with Crippen LogP contribution in [0.15, 0.2) is 42.7 Å². The minimum atomic E-state index is -0.400. The quantitative estimate of drug-likeness (QED) is 0.873. The largest absolute Gasteiger partial charge is 0.465 e. The molecule has 1 aromatic heterocycles. The fraction of sp³-hybridized carbons (Fsp3) is 0.200. The maximum Gasteiger partial charge on any atom is 0.339 e. The van der Waals surface area contributed by atoms with E-state index in [0.29, 0.717) is 16.3 Å². The Morgan fingerprint density at radius 2 is 2.20 bits per heavy atom. The predicted octanol–water partition coefficient (Wildman–Crippen LogP) is 3.69. The van der Waals surface area contributed by atoms with Crippen molar-refractivity contribution in [2.24, 2.45) is 0 Å². The summed E-state index contributed by atoms with van der Waals surface area (Å²) in [6.07, 6.45) is 3.50. The van der Waals surface area contributed by atoms with Crippen LogP contribution in [0.2, 0.25) is 5.02 Å². The van der Waals surface area contributed by atoms with Crippen molar-refractivity contribution < 1.29 is 9.53 Å². The lowest BCUT2D eigenvalue weighted by Gasteiger charge is -2.17. The number of nitrogens with one attached hydrogen (secondary N) is 1. The first kappa shape index (κ1) is 14.3. The molecule has 0 radical (unpaired) electrons. The zero-order chi connectivity index (χ0) is 14.5. The summed E-state index contributed by atoms with van der Waals surface area (Å²) in [5, 5.41) is 3.81. The second-order valence-electron chi connectivity index (χ2n) is 4.33. The van der Waals surface area contributed by atoms with Crippen molar-refractivity contribution >= 4 is 23.3 Å². The molecule has 0 saturated carbocycles. The molecule has 104 valence electrons. The van der Waals surface area contributed by atoms with Crippen LogP contribution in [0.4, 0.5) is 5.69 Å². The van der Waals surface area contributed by atoms with Crippen LogP contribution < -0.4 is 5.32 Å². The minimum absolute atomic E-state index is 0.00873. The van der Waals surface area contributed by atoms with Crippen LogP contribution in [-0.2, 0) is 4.74 Å². The van der Waals surface area contributed by atoms with Crippen LogP contribution in [0.3, 0.4) is 0 Å². The van der Waals surface area contributed by atoms with Gasteiger partial charge in [0.15, 0.2) is 0 Å². The average Bonchev–Trinajstić information content (AvgIpc) is 2.47. The number of rotatable bonds is 4. The number of carbonyl (C=O) groups excluding carboxylic acids is 1. The number of pyridine rings is 1. The number of nitrogens with zero attached hydrogens (tertiary/aromatic N) is 1. The summed E-state index contributed by atoms with van der Waals surface area (Å²) in [4.78, 5) is 15.8. The molecule has 0 spiro atoms. The fourth-order valence-electron chi connectivity index (χ4n) is 1.87. The summed E-state index contributed by atoms with van der Waals surface area (Å²) in [5.41, 5.74) is 2.11. The van der Waals surface area contributed by atoms with Crippen molar-refractivity contribution in [1.82, 2.24) is 4.98 Å². The molecule has 1 N–H and O–H groups in total. The van der Waals surface area contributed by atoms with E-state index < -0.39 is 5.97 Å². The van der Waals surface area contributed by atoms with Gasteiger partial charge in [0, 0.05) is 17.4 Å². The summed E-state index contributed by atoms with van der Waals surface area (Å²) in [6, 6.07) is 8.84. The molecule has 1 atom stereocenters. The number of halogens is 1. The van der Waals surface area contributed by atoms with E-state index in [4.69, 9.17) is 16.3 Å². The molecule has 0 amide bonds. The van der Waals surface area contributed by atoms with E-state index in [1.807, 2.05) is 19.1 Å². The number of methoxy groups -OCH3 is 1. The zero-order valence-electron chi connectivity index (χ0n) is 11.3. The second kappa shape index (κ2) is 6.39. The molecule has 4 nitrogen and oxygen atoms in total. The topological polar surface area (TPSA) is 51.2 Å². The summed E-state index contributed by atoms with van der Waals surface area (Å²) < 4.78 is 4.77. The lowest BCUT2D eigenvalue weighted by atomic mass is 10.1. The standard InChI is InChI=1S/C15H15ClN2O2/c1-10(11-4-3-7-17-9-11)18-14-8-12(16)5-6-13(14)15(19)20-2/h3-10,18H,1-2H3. The van der Waals surface area contributed by atoms with E-state index in [2.05, 4.69) is 10.3 Å². The van der Waals surface area contributed by atoms with Crippen LogP contribution in [-0.4, -0.2) is 18.1 Å². The smallest absolute Gasteiger partial charge is 0.339 e. The molecule has 0 aliphatic carbocycles. The highest BCUT2D eigenvalue weighted by atomic mass is 35.5. The Bertz CT molecular complexity index is 602. The molecule has 1 aromatic carbocycles. The van der Waals surface area contributed by atoms with Gasteiger partial charge in [-0.15, -0.1) is 0 Å². The van der Waals surface area contributed by atoms with Gasteiger partial charge in [0.05, 0.1) is 24.4 Å². The molecule has 2 rings (SSSR count). The Labute approximate surface area is 122 Å². The summed E-state index contributed by atoms with van der Waals surface area (Å²) in [7, 11) is 1.35. The molecule has 0 bridgehead atoms. The molecule has 0 aliphatic rings. The molecule has 1 unspecified atom stereocenters. The Morgan fingerprint density at radius 1 is 1.40 bits per heavy atom. The van der Waals surface area contributed by atoms with Crippen LogP contribution in [0.25, 0.3) is 0 Å². The molecule has 0 aliphatic heterocycles. The van der Waals surface area contributed by atoms with Crippen molar-refractivity contribution in [3.8, 4) is 0 Å². The number of anilines is 1. The van der Waals surface area contributed by atoms with Crippen LogP contribution in [0.5, 0.6) is 0 Å². The number of carbonyl (C=O) groups is 1. The third kappa shape index (κ3) is 3.27. The Morgan fingerprint density at radius 3 is 2.85 bits per heavy atom. The van der Waals surface area contributed by atoms with Crippen molar-refractivity contribution in [2.75, 3.05) is 12.4 Å². The van der Waals surface area contributed by atoms with E-state index in [-0.39, 0.29) is 6.04 Å². The molecule has 5 heteroatoms. The molecular formula is C15H15ClN2O2. The molecule has 1 heterocycles. The highest BCUT2D eigenvalue weighted by molar-refractivity contribution is 6.31. The number of esters is 1. The maximum absolute atomic E-state index is 11.7. The van der Waals surface area contributed by atoms with Crippen LogP contribution in [0, 0.1) is 0 Å². The summed E-state index contributed by atoms with van der Waals surface area (Å²) in [6.45, 7) is 1.99. The molecule has 20 heavy (non-hydrogen) atoms. The van der Waals surface area contributed by atoms with E-state index in [1.54, 1.807) is 30.6 Å².